The standard InChI is InChI=1S/C14H21NO2.ClH/c1-10(2)7-8-13(15)11-5-4-6-12(9-11)14(16)17-3;/h4-6,9-10,13H,7-8,15H2,1-3H3;1H/t13-;/m0./s1. The molecule has 0 aliphatic carbocycles. The zero-order chi connectivity index (χ0) is 12.8. The van der Waals surface area contributed by atoms with Gasteiger partial charge in [0.25, 0.3) is 0 Å². The molecule has 3 nitrogen and oxygen atoms in total. The molecule has 0 aliphatic rings. The highest BCUT2D eigenvalue weighted by molar-refractivity contribution is 5.89. The Kier molecular flexibility index (Phi) is 7.64. The Hall–Kier alpha value is -1.06. The number of rotatable bonds is 5. The van der Waals surface area contributed by atoms with Crippen LogP contribution in [-0.2, 0) is 4.74 Å². The molecule has 1 atom stereocenters. The maximum absolute atomic E-state index is 11.4. The van der Waals surface area contributed by atoms with E-state index in [9.17, 15) is 4.79 Å². The lowest BCUT2D eigenvalue weighted by atomic mass is 9.97. The first-order valence-corrected chi connectivity index (χ1v) is 5.98. The van der Waals surface area contributed by atoms with E-state index in [-0.39, 0.29) is 24.4 Å². The molecule has 0 unspecified atom stereocenters. The predicted molar refractivity (Wildman–Crippen MR) is 76.0 cm³/mol. The zero-order valence-corrected chi connectivity index (χ0v) is 12.0. The summed E-state index contributed by atoms with van der Waals surface area (Å²) in [5.41, 5.74) is 7.66. The summed E-state index contributed by atoms with van der Waals surface area (Å²) >= 11 is 0. The van der Waals surface area contributed by atoms with Crippen LogP contribution in [-0.4, -0.2) is 13.1 Å². The first kappa shape index (κ1) is 16.9. The van der Waals surface area contributed by atoms with Gasteiger partial charge in [0.05, 0.1) is 12.7 Å². The molecule has 18 heavy (non-hydrogen) atoms. The third kappa shape index (κ3) is 5.07. The van der Waals surface area contributed by atoms with E-state index in [0.717, 1.165) is 18.4 Å². The molecule has 1 aromatic carbocycles. The van der Waals surface area contributed by atoms with Crippen LogP contribution in [0.2, 0.25) is 0 Å². The van der Waals surface area contributed by atoms with Gasteiger partial charge < -0.3 is 10.5 Å². The largest absolute Gasteiger partial charge is 0.465 e. The molecule has 0 aromatic heterocycles. The van der Waals surface area contributed by atoms with Gasteiger partial charge in [-0.2, -0.15) is 0 Å². The third-order valence-corrected chi connectivity index (χ3v) is 2.79. The van der Waals surface area contributed by atoms with E-state index in [4.69, 9.17) is 5.73 Å². The molecule has 0 heterocycles. The van der Waals surface area contributed by atoms with Crippen molar-refractivity contribution in [3.63, 3.8) is 0 Å². The maximum Gasteiger partial charge on any atom is 0.337 e. The van der Waals surface area contributed by atoms with Gasteiger partial charge in [-0.25, -0.2) is 4.79 Å². The van der Waals surface area contributed by atoms with Crippen LogP contribution < -0.4 is 5.73 Å². The molecule has 0 saturated carbocycles. The molecule has 1 aromatic rings. The number of carbonyl (C=O) groups is 1. The fourth-order valence-corrected chi connectivity index (χ4v) is 1.69. The van der Waals surface area contributed by atoms with Crippen molar-refractivity contribution >= 4 is 18.4 Å². The molecule has 2 N–H and O–H groups in total. The molecular weight excluding hydrogens is 250 g/mol. The lowest BCUT2D eigenvalue weighted by Gasteiger charge is -2.14. The summed E-state index contributed by atoms with van der Waals surface area (Å²) in [6.07, 6.45) is 2.02. The van der Waals surface area contributed by atoms with Crippen molar-refractivity contribution in [3.05, 3.63) is 35.4 Å². The molecule has 0 saturated heterocycles. The van der Waals surface area contributed by atoms with Crippen molar-refractivity contribution in [2.45, 2.75) is 32.7 Å². The molecule has 0 fully saturated rings. The van der Waals surface area contributed by atoms with Gasteiger partial charge in [0.15, 0.2) is 0 Å². The summed E-state index contributed by atoms with van der Waals surface area (Å²) in [6, 6.07) is 7.34. The number of benzene rings is 1. The number of hydrogen-bond acceptors (Lipinski definition) is 3. The third-order valence-electron chi connectivity index (χ3n) is 2.79. The minimum Gasteiger partial charge on any atom is -0.465 e. The number of methoxy groups -OCH3 is 1. The lowest BCUT2D eigenvalue weighted by molar-refractivity contribution is 0.0600. The zero-order valence-electron chi connectivity index (χ0n) is 11.2. The topological polar surface area (TPSA) is 52.3 Å². The van der Waals surface area contributed by atoms with E-state index >= 15 is 0 Å². The average molecular weight is 272 g/mol. The number of carbonyl (C=O) groups excluding carboxylic acids is 1. The van der Waals surface area contributed by atoms with Crippen LogP contribution in [0.5, 0.6) is 0 Å². The van der Waals surface area contributed by atoms with E-state index in [0.29, 0.717) is 11.5 Å². The van der Waals surface area contributed by atoms with Gasteiger partial charge in [-0.05, 0) is 36.5 Å². The van der Waals surface area contributed by atoms with Crippen LogP contribution in [0.15, 0.2) is 24.3 Å². The van der Waals surface area contributed by atoms with E-state index in [1.807, 2.05) is 18.2 Å². The summed E-state index contributed by atoms with van der Waals surface area (Å²) in [4.78, 5) is 11.4. The number of nitrogens with two attached hydrogens (primary N) is 1. The Morgan fingerprint density at radius 1 is 1.33 bits per heavy atom. The first-order chi connectivity index (χ1) is 8.04. The van der Waals surface area contributed by atoms with Crippen molar-refractivity contribution in [2.24, 2.45) is 11.7 Å². The summed E-state index contributed by atoms with van der Waals surface area (Å²) in [5.74, 6) is 0.327. The van der Waals surface area contributed by atoms with E-state index in [1.54, 1.807) is 6.07 Å². The maximum atomic E-state index is 11.4. The summed E-state index contributed by atoms with van der Waals surface area (Å²) in [6.45, 7) is 4.36. The Morgan fingerprint density at radius 2 is 2.00 bits per heavy atom. The van der Waals surface area contributed by atoms with Crippen molar-refractivity contribution in [1.29, 1.82) is 0 Å². The monoisotopic (exact) mass is 271 g/mol. The molecule has 0 radical (unpaired) electrons. The molecule has 0 amide bonds. The highest BCUT2D eigenvalue weighted by atomic mass is 35.5. The second-order valence-electron chi connectivity index (χ2n) is 4.69. The second kappa shape index (κ2) is 8.11. The Morgan fingerprint density at radius 3 is 2.56 bits per heavy atom. The number of ether oxygens (including phenoxy) is 1. The molecule has 1 rings (SSSR count). The molecule has 0 spiro atoms. The predicted octanol–water partition coefficient (Wildman–Crippen LogP) is 3.33. The quantitative estimate of drug-likeness (QED) is 0.836. The van der Waals surface area contributed by atoms with Gasteiger partial charge in [0, 0.05) is 6.04 Å². The van der Waals surface area contributed by atoms with Crippen LogP contribution >= 0.6 is 12.4 Å². The minimum absolute atomic E-state index is 0. The Balaban J connectivity index is 0.00000289. The van der Waals surface area contributed by atoms with Crippen molar-refractivity contribution in [1.82, 2.24) is 0 Å². The summed E-state index contributed by atoms with van der Waals surface area (Å²) in [5, 5.41) is 0. The number of hydrogen-bond donors (Lipinski definition) is 1. The first-order valence-electron chi connectivity index (χ1n) is 5.98. The SMILES string of the molecule is COC(=O)c1cccc([C@@H](N)CCC(C)C)c1.Cl. The molecular formula is C14H22ClNO2. The van der Waals surface area contributed by atoms with Crippen LogP contribution in [0.25, 0.3) is 0 Å². The average Bonchev–Trinajstić information content (AvgIpc) is 2.35. The van der Waals surface area contributed by atoms with Gasteiger partial charge in [0.2, 0.25) is 0 Å². The summed E-state index contributed by atoms with van der Waals surface area (Å²) < 4.78 is 4.69. The fraction of sp³-hybridized carbons (Fsp3) is 0.500. The van der Waals surface area contributed by atoms with Crippen molar-refractivity contribution in [3.8, 4) is 0 Å². The normalized spacial score (nSPS) is 11.8. The highest BCUT2D eigenvalue weighted by Gasteiger charge is 2.10. The Bertz CT molecular complexity index is 380. The number of halogens is 1. The molecule has 102 valence electrons. The highest BCUT2D eigenvalue weighted by Crippen LogP contribution is 2.19. The van der Waals surface area contributed by atoms with E-state index < -0.39 is 0 Å². The Labute approximate surface area is 115 Å². The van der Waals surface area contributed by atoms with Gasteiger partial charge in [-0.1, -0.05) is 26.0 Å². The van der Waals surface area contributed by atoms with E-state index in [2.05, 4.69) is 18.6 Å². The number of esters is 1. The van der Waals surface area contributed by atoms with Gasteiger partial charge in [0.1, 0.15) is 0 Å². The smallest absolute Gasteiger partial charge is 0.337 e. The van der Waals surface area contributed by atoms with Gasteiger partial charge in [-0.15, -0.1) is 12.4 Å². The molecule has 0 aliphatic heterocycles. The minimum atomic E-state index is -0.317. The molecule has 0 bridgehead atoms. The van der Waals surface area contributed by atoms with Crippen molar-refractivity contribution < 1.29 is 9.53 Å². The van der Waals surface area contributed by atoms with E-state index in [1.165, 1.54) is 7.11 Å². The van der Waals surface area contributed by atoms with Crippen molar-refractivity contribution in [2.75, 3.05) is 7.11 Å². The van der Waals surface area contributed by atoms with Crippen LogP contribution in [0.3, 0.4) is 0 Å². The van der Waals surface area contributed by atoms with Crippen LogP contribution in [0.1, 0.15) is 48.7 Å². The summed E-state index contributed by atoms with van der Waals surface area (Å²) in [7, 11) is 1.38. The molecule has 4 heteroatoms. The lowest BCUT2D eigenvalue weighted by Crippen LogP contribution is -2.12. The van der Waals surface area contributed by atoms with Crippen LogP contribution in [0, 0.1) is 5.92 Å². The van der Waals surface area contributed by atoms with Gasteiger partial charge in [-0.3, -0.25) is 0 Å². The van der Waals surface area contributed by atoms with Crippen LogP contribution in [0.4, 0.5) is 0 Å². The second-order valence-corrected chi connectivity index (χ2v) is 4.69. The van der Waals surface area contributed by atoms with Gasteiger partial charge >= 0.3 is 5.97 Å². The fourth-order valence-electron chi connectivity index (χ4n) is 1.69.